The molecule has 1 aliphatic rings. The Kier molecular flexibility index (Phi) is 6.49. The van der Waals surface area contributed by atoms with E-state index in [1.165, 1.54) is 0 Å². The third kappa shape index (κ3) is 4.59. The van der Waals surface area contributed by atoms with Crippen LogP contribution in [0.5, 0.6) is 0 Å². The van der Waals surface area contributed by atoms with E-state index in [0.717, 1.165) is 31.3 Å². The Bertz CT molecular complexity index is 240. The molecule has 1 aliphatic carbocycles. The number of rotatable bonds is 7. The van der Waals surface area contributed by atoms with Crippen LogP contribution in [0.2, 0.25) is 0 Å². The van der Waals surface area contributed by atoms with Crippen LogP contribution in [0.3, 0.4) is 0 Å². The van der Waals surface area contributed by atoms with Crippen LogP contribution in [0.1, 0.15) is 40.0 Å². The van der Waals surface area contributed by atoms with E-state index in [1.54, 1.807) is 0 Å². The lowest BCUT2D eigenvalue weighted by Crippen LogP contribution is -2.41. The fraction of sp³-hybridized carbons (Fsp3) is 0.923. The molecule has 0 unspecified atom stereocenters. The zero-order valence-corrected chi connectivity index (χ0v) is 12.7. The second kappa shape index (κ2) is 7.37. The molecular formula is C13H24BrNO2. The van der Waals surface area contributed by atoms with E-state index in [4.69, 9.17) is 4.74 Å². The van der Waals surface area contributed by atoms with Crippen molar-refractivity contribution in [3.63, 3.8) is 0 Å². The van der Waals surface area contributed by atoms with E-state index in [0.29, 0.717) is 30.4 Å². The first-order chi connectivity index (χ1) is 8.08. The summed E-state index contributed by atoms with van der Waals surface area (Å²) in [6.07, 6.45) is 3.20. The van der Waals surface area contributed by atoms with Gasteiger partial charge in [-0.05, 0) is 39.5 Å². The largest absolute Gasteiger partial charge is 0.378 e. The van der Waals surface area contributed by atoms with Crippen molar-refractivity contribution in [2.45, 2.75) is 52.2 Å². The average molecular weight is 306 g/mol. The van der Waals surface area contributed by atoms with Crippen LogP contribution in [0, 0.1) is 5.92 Å². The number of ether oxygens (including phenoxy) is 1. The molecule has 0 radical (unpaired) electrons. The standard InChI is InChI=1S/C13H24BrNO2/c1-4-17-12-7-11(8-12)9-13(16)15(6-5-14)10(2)3/h10-12H,4-9H2,1-3H3. The SMILES string of the molecule is CCOC1CC(CC(=O)N(CCBr)C(C)C)C1. The molecule has 4 heteroatoms. The molecule has 1 rings (SSSR count). The first-order valence-electron chi connectivity index (χ1n) is 6.55. The number of alkyl halides is 1. The van der Waals surface area contributed by atoms with Gasteiger partial charge in [0.15, 0.2) is 0 Å². The fourth-order valence-electron chi connectivity index (χ4n) is 2.34. The van der Waals surface area contributed by atoms with Gasteiger partial charge < -0.3 is 9.64 Å². The van der Waals surface area contributed by atoms with E-state index in [2.05, 4.69) is 29.8 Å². The van der Waals surface area contributed by atoms with Crippen LogP contribution in [-0.2, 0) is 9.53 Å². The highest BCUT2D eigenvalue weighted by atomic mass is 79.9. The van der Waals surface area contributed by atoms with E-state index in [9.17, 15) is 4.79 Å². The molecule has 0 aliphatic heterocycles. The Labute approximate surface area is 113 Å². The van der Waals surface area contributed by atoms with Gasteiger partial charge in [-0.15, -0.1) is 0 Å². The lowest BCUT2D eigenvalue weighted by atomic mass is 9.79. The van der Waals surface area contributed by atoms with Crippen molar-refractivity contribution in [2.24, 2.45) is 5.92 Å². The fourth-order valence-corrected chi connectivity index (χ4v) is 2.72. The van der Waals surface area contributed by atoms with Crippen LogP contribution < -0.4 is 0 Å². The summed E-state index contributed by atoms with van der Waals surface area (Å²) < 4.78 is 5.51. The van der Waals surface area contributed by atoms with Crippen molar-refractivity contribution in [1.82, 2.24) is 4.90 Å². The summed E-state index contributed by atoms with van der Waals surface area (Å²) in [6.45, 7) is 7.76. The number of amides is 1. The van der Waals surface area contributed by atoms with Crippen LogP contribution >= 0.6 is 15.9 Å². The zero-order valence-electron chi connectivity index (χ0n) is 11.1. The van der Waals surface area contributed by atoms with Crippen molar-refractivity contribution in [1.29, 1.82) is 0 Å². The smallest absolute Gasteiger partial charge is 0.223 e. The first-order valence-corrected chi connectivity index (χ1v) is 7.67. The lowest BCUT2D eigenvalue weighted by molar-refractivity contribution is -0.135. The minimum Gasteiger partial charge on any atom is -0.378 e. The summed E-state index contributed by atoms with van der Waals surface area (Å²) in [5, 5.41) is 0.850. The van der Waals surface area contributed by atoms with Crippen LogP contribution in [0.15, 0.2) is 0 Å². The molecular weight excluding hydrogens is 282 g/mol. The van der Waals surface area contributed by atoms with Crippen molar-refractivity contribution < 1.29 is 9.53 Å². The predicted molar refractivity (Wildman–Crippen MR) is 73.4 cm³/mol. The van der Waals surface area contributed by atoms with Crippen molar-refractivity contribution in [3.05, 3.63) is 0 Å². The summed E-state index contributed by atoms with van der Waals surface area (Å²) in [4.78, 5) is 14.1. The summed E-state index contributed by atoms with van der Waals surface area (Å²) in [6, 6.07) is 0.294. The minimum absolute atomic E-state index is 0.291. The van der Waals surface area contributed by atoms with Crippen LogP contribution in [0.25, 0.3) is 0 Å². The summed E-state index contributed by atoms with van der Waals surface area (Å²) in [5.41, 5.74) is 0. The number of carbonyl (C=O) groups excluding carboxylic acids is 1. The highest BCUT2D eigenvalue weighted by molar-refractivity contribution is 9.09. The minimum atomic E-state index is 0.291. The number of nitrogens with zero attached hydrogens (tertiary/aromatic N) is 1. The molecule has 0 aromatic carbocycles. The van der Waals surface area contributed by atoms with Crippen molar-refractivity contribution in [2.75, 3.05) is 18.5 Å². The quantitative estimate of drug-likeness (QED) is 0.677. The average Bonchev–Trinajstić information content (AvgIpc) is 2.22. The molecule has 0 aromatic rings. The Morgan fingerprint density at radius 2 is 2.12 bits per heavy atom. The molecule has 17 heavy (non-hydrogen) atoms. The Hall–Kier alpha value is -0.0900. The van der Waals surface area contributed by atoms with Crippen LogP contribution in [0.4, 0.5) is 0 Å². The molecule has 0 heterocycles. The number of hydrogen-bond acceptors (Lipinski definition) is 2. The molecule has 1 fully saturated rings. The zero-order chi connectivity index (χ0) is 12.8. The summed E-state index contributed by atoms with van der Waals surface area (Å²) >= 11 is 3.40. The molecule has 0 bridgehead atoms. The van der Waals surface area contributed by atoms with Crippen molar-refractivity contribution >= 4 is 21.8 Å². The predicted octanol–water partition coefficient (Wildman–Crippen LogP) is 2.82. The van der Waals surface area contributed by atoms with Gasteiger partial charge in [-0.3, -0.25) is 4.79 Å². The molecule has 0 saturated heterocycles. The Balaban J connectivity index is 2.29. The maximum Gasteiger partial charge on any atom is 0.223 e. The Morgan fingerprint density at radius 3 is 2.59 bits per heavy atom. The molecule has 100 valence electrons. The van der Waals surface area contributed by atoms with Crippen LogP contribution in [-0.4, -0.2) is 41.4 Å². The van der Waals surface area contributed by atoms with Gasteiger partial charge in [0.05, 0.1) is 6.10 Å². The first kappa shape index (κ1) is 15.0. The molecule has 0 spiro atoms. The van der Waals surface area contributed by atoms with E-state index in [1.807, 2.05) is 11.8 Å². The van der Waals surface area contributed by atoms with Gasteiger partial charge in [0.2, 0.25) is 5.91 Å². The second-order valence-corrected chi connectivity index (χ2v) is 5.78. The lowest BCUT2D eigenvalue weighted by Gasteiger charge is -2.36. The van der Waals surface area contributed by atoms with Gasteiger partial charge >= 0.3 is 0 Å². The monoisotopic (exact) mass is 305 g/mol. The molecule has 1 saturated carbocycles. The van der Waals surface area contributed by atoms with Gasteiger partial charge in [-0.25, -0.2) is 0 Å². The maximum atomic E-state index is 12.1. The van der Waals surface area contributed by atoms with Gasteiger partial charge in [-0.1, -0.05) is 15.9 Å². The molecule has 0 N–H and O–H groups in total. The second-order valence-electron chi connectivity index (χ2n) is 4.99. The third-order valence-electron chi connectivity index (χ3n) is 3.33. The molecule has 3 nitrogen and oxygen atoms in total. The van der Waals surface area contributed by atoms with Gasteiger partial charge in [0.25, 0.3) is 0 Å². The van der Waals surface area contributed by atoms with Crippen molar-refractivity contribution in [3.8, 4) is 0 Å². The number of carbonyl (C=O) groups is 1. The summed E-state index contributed by atoms with van der Waals surface area (Å²) in [7, 11) is 0. The topological polar surface area (TPSA) is 29.5 Å². The molecule has 0 aromatic heterocycles. The Morgan fingerprint density at radius 1 is 1.47 bits per heavy atom. The normalized spacial score (nSPS) is 23.6. The molecule has 0 atom stereocenters. The van der Waals surface area contributed by atoms with Gasteiger partial charge in [-0.2, -0.15) is 0 Å². The highest BCUT2D eigenvalue weighted by Crippen LogP contribution is 2.33. The van der Waals surface area contributed by atoms with Gasteiger partial charge in [0, 0.05) is 30.9 Å². The van der Waals surface area contributed by atoms with E-state index in [-0.39, 0.29) is 0 Å². The highest BCUT2D eigenvalue weighted by Gasteiger charge is 2.32. The number of halogens is 1. The summed E-state index contributed by atoms with van der Waals surface area (Å²) in [5.74, 6) is 0.829. The maximum absolute atomic E-state index is 12.1. The van der Waals surface area contributed by atoms with E-state index < -0.39 is 0 Å². The third-order valence-corrected chi connectivity index (χ3v) is 3.68. The van der Waals surface area contributed by atoms with E-state index >= 15 is 0 Å². The molecule has 1 amide bonds. The van der Waals surface area contributed by atoms with Gasteiger partial charge in [0.1, 0.15) is 0 Å². The number of hydrogen-bond donors (Lipinski definition) is 0.